The Morgan fingerprint density at radius 3 is 2.00 bits per heavy atom. The summed E-state index contributed by atoms with van der Waals surface area (Å²) in [7, 11) is -3.75. The zero-order valence-electron chi connectivity index (χ0n) is 29.5. The van der Waals surface area contributed by atoms with Crippen LogP contribution in [0.15, 0.2) is 0 Å². The molecule has 0 aromatic carbocycles. The molecule has 0 unspecified atom stereocenters. The van der Waals surface area contributed by atoms with Gasteiger partial charge in [-0.25, -0.2) is 0 Å². The van der Waals surface area contributed by atoms with Gasteiger partial charge in [0.2, 0.25) is 0 Å². The lowest BCUT2D eigenvalue weighted by molar-refractivity contribution is -0.136. The first-order valence-electron chi connectivity index (χ1n) is 17.5. The molecule has 0 aliphatic heterocycles. The molecule has 0 amide bonds. The molecule has 0 radical (unpaired) electrons. The van der Waals surface area contributed by atoms with Crippen molar-refractivity contribution in [2.24, 2.45) is 46.3 Å². The maximum Gasteiger partial charge on any atom is 0.292 e. The minimum Gasteiger partial charge on any atom is -0.519 e. The molecule has 4 aliphatic rings. The lowest BCUT2D eigenvalue weighted by atomic mass is 9.44. The van der Waals surface area contributed by atoms with Gasteiger partial charge in [0.05, 0.1) is 0 Å². The maximum absolute atomic E-state index is 12.9. The highest BCUT2D eigenvalue weighted by atomic mass is 28.4. The molecular weight excluding hydrogens is 537 g/mol. The molecule has 4 saturated carbocycles. The fourth-order valence-corrected chi connectivity index (χ4v) is 12.3. The average molecular weight is 605 g/mol. The highest BCUT2D eigenvalue weighted by Crippen LogP contribution is 2.68. The van der Waals surface area contributed by atoms with Crippen LogP contribution in [0.25, 0.3) is 0 Å². The van der Waals surface area contributed by atoms with Crippen molar-refractivity contribution in [2.45, 2.75) is 175 Å². The van der Waals surface area contributed by atoms with Gasteiger partial charge >= 0.3 is 0 Å². The van der Waals surface area contributed by atoms with Gasteiger partial charge in [-0.15, -0.1) is 0 Å². The topological polar surface area (TPSA) is 35.5 Å². The molecule has 5 heteroatoms. The summed E-state index contributed by atoms with van der Waals surface area (Å²) in [6.07, 6.45) is 14.5. The van der Waals surface area contributed by atoms with Crippen LogP contribution in [0.1, 0.15) is 133 Å². The van der Waals surface area contributed by atoms with E-state index in [0.717, 1.165) is 36.0 Å². The second-order valence-corrected chi connectivity index (χ2v) is 28.4. The molecule has 41 heavy (non-hydrogen) atoms. The second kappa shape index (κ2) is 11.3. The summed E-state index contributed by atoms with van der Waals surface area (Å²) in [5.74, 6) is 4.95. The van der Waals surface area contributed by atoms with E-state index in [-0.39, 0.29) is 11.0 Å². The first-order valence-corrected chi connectivity index (χ1v) is 23.3. The average Bonchev–Trinajstić information content (AvgIpc) is 3.18. The molecule has 0 bridgehead atoms. The van der Waals surface area contributed by atoms with Gasteiger partial charge in [-0.05, 0) is 147 Å². The minimum absolute atomic E-state index is 0.0474. The number of rotatable bonds is 7. The van der Waals surface area contributed by atoms with Crippen molar-refractivity contribution in [3.63, 3.8) is 0 Å². The van der Waals surface area contributed by atoms with Crippen LogP contribution in [0, 0.1) is 46.3 Å². The van der Waals surface area contributed by atoms with Gasteiger partial charge in [-0.2, -0.15) is 0 Å². The van der Waals surface area contributed by atoms with E-state index in [1.807, 2.05) is 0 Å². The van der Waals surface area contributed by atoms with Crippen molar-refractivity contribution < 1.29 is 13.6 Å². The molecule has 4 fully saturated rings. The summed E-state index contributed by atoms with van der Waals surface area (Å²) in [5.41, 5.74) is 0.963. The minimum atomic E-state index is -2.04. The van der Waals surface area contributed by atoms with Gasteiger partial charge in [-0.3, -0.25) is 4.79 Å². The molecule has 0 N–H and O–H groups in total. The van der Waals surface area contributed by atoms with Crippen molar-refractivity contribution in [3.05, 3.63) is 0 Å². The standard InChI is InChI=1S/C36H68O3Si2/c1-25(14-19-32(37)39-41(12,13)34(5,6)7)29-17-18-30-28-16-15-26-24-27(38-40(10,11)33(2,3)4)20-22-35(26,8)31(28)21-23-36(29,30)9/h25-31H,14-24H2,1-13H3/t25-,26-,27-,28+,29-,30+,31+,35+,36-/m1/s1. The highest BCUT2D eigenvalue weighted by Gasteiger charge is 2.61. The molecule has 0 spiro atoms. The summed E-state index contributed by atoms with van der Waals surface area (Å²) in [4.78, 5) is 12.9. The van der Waals surface area contributed by atoms with Crippen molar-refractivity contribution in [2.75, 3.05) is 0 Å². The number of hydrogen-bond acceptors (Lipinski definition) is 3. The van der Waals surface area contributed by atoms with Crippen LogP contribution < -0.4 is 0 Å². The molecule has 9 atom stereocenters. The van der Waals surface area contributed by atoms with Crippen molar-refractivity contribution in [1.29, 1.82) is 0 Å². The normalized spacial score (nSPS) is 39.0. The van der Waals surface area contributed by atoms with Crippen LogP contribution in [0.3, 0.4) is 0 Å². The first kappa shape index (κ1) is 33.8. The summed E-state index contributed by atoms with van der Waals surface area (Å²) < 4.78 is 13.1. The number of hydrogen-bond donors (Lipinski definition) is 0. The number of carbonyl (C=O) groups is 1. The van der Waals surface area contributed by atoms with Gasteiger partial charge in [0, 0.05) is 12.5 Å². The Labute approximate surface area is 257 Å². The van der Waals surface area contributed by atoms with E-state index in [4.69, 9.17) is 8.85 Å². The van der Waals surface area contributed by atoms with E-state index >= 15 is 0 Å². The molecule has 0 aromatic rings. The van der Waals surface area contributed by atoms with Crippen LogP contribution in [0.5, 0.6) is 0 Å². The fourth-order valence-electron chi connectivity index (χ4n) is 9.93. The lowest BCUT2D eigenvalue weighted by Crippen LogP contribution is -2.55. The van der Waals surface area contributed by atoms with E-state index in [2.05, 4.69) is 88.5 Å². The second-order valence-electron chi connectivity index (χ2n) is 18.9. The van der Waals surface area contributed by atoms with Crippen LogP contribution in [-0.4, -0.2) is 28.7 Å². The predicted octanol–water partition coefficient (Wildman–Crippen LogP) is 11.0. The molecule has 4 rings (SSSR count). The Kier molecular flexibility index (Phi) is 9.34. The third-order valence-corrected chi connectivity index (χ3v) is 23.5. The third kappa shape index (κ3) is 6.35. The first-order chi connectivity index (χ1) is 18.6. The van der Waals surface area contributed by atoms with Crippen molar-refractivity contribution >= 4 is 22.6 Å². The fraction of sp³-hybridized carbons (Fsp3) is 0.972. The van der Waals surface area contributed by atoms with Crippen molar-refractivity contribution in [3.8, 4) is 0 Å². The zero-order valence-corrected chi connectivity index (χ0v) is 31.5. The van der Waals surface area contributed by atoms with E-state index in [1.54, 1.807) is 0 Å². The molecule has 0 saturated heterocycles. The largest absolute Gasteiger partial charge is 0.519 e. The Balaban J connectivity index is 1.37. The molecular formula is C36H68O3Si2. The molecule has 0 heterocycles. The van der Waals surface area contributed by atoms with E-state index in [1.165, 1.54) is 57.8 Å². The Morgan fingerprint density at radius 2 is 1.39 bits per heavy atom. The summed E-state index contributed by atoms with van der Waals surface area (Å²) in [6, 6.07) is 0. The van der Waals surface area contributed by atoms with Crippen molar-refractivity contribution in [1.82, 2.24) is 0 Å². The van der Waals surface area contributed by atoms with Gasteiger partial charge in [0.15, 0.2) is 8.32 Å². The quantitative estimate of drug-likeness (QED) is 0.271. The van der Waals surface area contributed by atoms with Crippen LogP contribution in [0.2, 0.25) is 36.3 Å². The monoisotopic (exact) mass is 604 g/mol. The Bertz CT molecular complexity index is 945. The third-order valence-electron chi connectivity index (χ3n) is 14.6. The van der Waals surface area contributed by atoms with Crippen LogP contribution >= 0.6 is 0 Å². The predicted molar refractivity (Wildman–Crippen MR) is 179 cm³/mol. The summed E-state index contributed by atoms with van der Waals surface area (Å²) >= 11 is 0. The maximum atomic E-state index is 12.9. The SMILES string of the molecule is C[C@H](CCC(=O)O[Si](C)(C)C(C)(C)C)[C@H]1CC[C@H]2[C@@H]3CC[C@@H]4C[C@H](O[Si](C)(C)C(C)(C)C)CC[C@]4(C)[C@H]3CC[C@]12C. The molecule has 3 nitrogen and oxygen atoms in total. The van der Waals surface area contributed by atoms with Gasteiger partial charge < -0.3 is 8.85 Å². The molecule has 238 valence electrons. The molecule has 4 aliphatic carbocycles. The van der Waals surface area contributed by atoms with Crippen LogP contribution in [0.4, 0.5) is 0 Å². The zero-order chi connectivity index (χ0) is 30.8. The lowest BCUT2D eigenvalue weighted by Gasteiger charge is -2.61. The van der Waals surface area contributed by atoms with E-state index < -0.39 is 16.6 Å². The smallest absolute Gasteiger partial charge is 0.292 e. The highest BCUT2D eigenvalue weighted by molar-refractivity contribution is 6.75. The summed E-state index contributed by atoms with van der Waals surface area (Å²) in [6.45, 7) is 30.9. The number of carbonyl (C=O) groups excluding carboxylic acids is 1. The van der Waals surface area contributed by atoms with E-state index in [9.17, 15) is 4.79 Å². The Hall–Kier alpha value is -0.136. The molecule has 0 aromatic heterocycles. The summed E-state index contributed by atoms with van der Waals surface area (Å²) in [5, 5.41) is 0.367. The van der Waals surface area contributed by atoms with Crippen LogP contribution in [-0.2, 0) is 13.6 Å². The number of fused-ring (bicyclic) bond motifs is 5. The Morgan fingerprint density at radius 1 is 0.805 bits per heavy atom. The van der Waals surface area contributed by atoms with E-state index in [0.29, 0.717) is 34.3 Å². The van der Waals surface area contributed by atoms with Gasteiger partial charge in [0.1, 0.15) is 0 Å². The van der Waals surface area contributed by atoms with Gasteiger partial charge in [-0.1, -0.05) is 62.3 Å². The van der Waals surface area contributed by atoms with Gasteiger partial charge in [0.25, 0.3) is 14.3 Å².